The van der Waals surface area contributed by atoms with Gasteiger partial charge in [-0.2, -0.15) is 0 Å². The molecule has 10 nitrogen and oxygen atoms in total. The van der Waals surface area contributed by atoms with Crippen LogP contribution >= 0.6 is 0 Å². The van der Waals surface area contributed by atoms with Crippen LogP contribution < -0.4 is 23.0 Å². The highest BCUT2D eigenvalue weighted by Crippen LogP contribution is 2.40. The SMILES string of the molecule is CN[C@@H]1[C@H](O)[C@H](NC)[C@H]2O[C@@]3(O)C(=O)C[C@@H](C)O[C@H]3O[C@@H]2[C@H]1O.O.[Cl-]. The number of halogens is 1. The minimum atomic E-state index is -2.23. The van der Waals surface area contributed by atoms with E-state index in [1.165, 1.54) is 0 Å². The molecule has 0 aromatic rings. The molecule has 3 aliphatic rings. The Morgan fingerprint density at radius 1 is 1.08 bits per heavy atom. The van der Waals surface area contributed by atoms with Gasteiger partial charge in [0.25, 0.3) is 5.79 Å². The highest BCUT2D eigenvalue weighted by atomic mass is 35.5. The van der Waals surface area contributed by atoms with Gasteiger partial charge in [0.15, 0.2) is 5.78 Å². The summed E-state index contributed by atoms with van der Waals surface area (Å²) < 4.78 is 16.8. The van der Waals surface area contributed by atoms with E-state index in [-0.39, 0.29) is 24.3 Å². The number of Topliss-reactive ketones (excluding diaryl/α,β-unsaturated/α-hetero) is 1. The third-order valence-electron chi connectivity index (χ3n) is 4.93. The highest BCUT2D eigenvalue weighted by molar-refractivity contribution is 5.87. The molecule has 0 radical (unpaired) electrons. The van der Waals surface area contributed by atoms with Crippen molar-refractivity contribution in [2.45, 2.75) is 68.0 Å². The molecule has 0 aromatic carbocycles. The van der Waals surface area contributed by atoms with Gasteiger partial charge < -0.3 is 58.0 Å². The lowest BCUT2D eigenvalue weighted by Crippen LogP contribution is -3.00. The molecule has 148 valence electrons. The zero-order chi connectivity index (χ0) is 16.9. The molecule has 1 saturated carbocycles. The van der Waals surface area contributed by atoms with Crippen LogP contribution in [0.1, 0.15) is 13.3 Å². The predicted molar refractivity (Wildman–Crippen MR) is 80.0 cm³/mol. The van der Waals surface area contributed by atoms with Crippen LogP contribution in [0.2, 0.25) is 0 Å². The Morgan fingerprint density at radius 2 is 1.68 bits per heavy atom. The Balaban J connectivity index is 0.00000156. The summed E-state index contributed by atoms with van der Waals surface area (Å²) in [4.78, 5) is 12.2. The minimum Gasteiger partial charge on any atom is -1.00 e. The van der Waals surface area contributed by atoms with E-state index in [1.807, 2.05) is 0 Å². The summed E-state index contributed by atoms with van der Waals surface area (Å²) in [5.41, 5.74) is 0. The van der Waals surface area contributed by atoms with E-state index in [1.54, 1.807) is 21.0 Å². The van der Waals surface area contributed by atoms with Gasteiger partial charge in [-0.1, -0.05) is 0 Å². The summed E-state index contributed by atoms with van der Waals surface area (Å²) in [5, 5.41) is 37.2. The number of fused-ring (bicyclic) bond motifs is 2. The molecule has 0 spiro atoms. The lowest BCUT2D eigenvalue weighted by molar-refractivity contribution is -0.420. The van der Waals surface area contributed by atoms with Crippen molar-refractivity contribution in [3.63, 3.8) is 0 Å². The third kappa shape index (κ3) is 3.44. The molecular weight excluding hydrogens is 360 g/mol. The average Bonchev–Trinajstić information content (AvgIpc) is 2.49. The quantitative estimate of drug-likeness (QED) is 0.311. The summed E-state index contributed by atoms with van der Waals surface area (Å²) in [6.07, 6.45) is -5.58. The number of rotatable bonds is 2. The Kier molecular flexibility index (Phi) is 7.33. The summed E-state index contributed by atoms with van der Waals surface area (Å²) in [6.45, 7) is 1.70. The van der Waals surface area contributed by atoms with Crippen molar-refractivity contribution in [2.24, 2.45) is 0 Å². The van der Waals surface area contributed by atoms with Gasteiger partial charge in [0.05, 0.1) is 24.3 Å². The molecule has 11 heteroatoms. The molecule has 2 saturated heterocycles. The summed E-state index contributed by atoms with van der Waals surface area (Å²) >= 11 is 0. The largest absolute Gasteiger partial charge is 1.00 e. The standard InChI is InChI=1S/C14H24N2O7.ClH.H2O/c1-5-4-6(17)14(20)13(21-5)22-12-10(19)7(15-2)9(18)8(16-3)11(12)23-14;;/h5,7-13,15-16,18-20H,4H2,1-3H3;1H;1H2/p-1/t5-,7-,8+,9+,10+,11-,12-,13+,14+;;/m1../s1. The molecule has 9 atom stereocenters. The number of ketones is 1. The van der Waals surface area contributed by atoms with E-state index in [4.69, 9.17) is 14.2 Å². The topological polar surface area (TPSA) is 161 Å². The monoisotopic (exact) mass is 385 g/mol. The molecule has 7 N–H and O–H groups in total. The van der Waals surface area contributed by atoms with Crippen LogP contribution in [-0.4, -0.2) is 95.4 Å². The van der Waals surface area contributed by atoms with E-state index in [0.29, 0.717) is 0 Å². The molecule has 0 aromatic heterocycles. The number of carbonyl (C=O) groups excluding carboxylic acids is 1. The Labute approximate surface area is 151 Å². The first-order chi connectivity index (χ1) is 10.8. The van der Waals surface area contributed by atoms with Crippen molar-refractivity contribution in [1.82, 2.24) is 10.6 Å². The zero-order valence-corrected chi connectivity index (χ0v) is 14.9. The van der Waals surface area contributed by atoms with Gasteiger partial charge in [0.1, 0.15) is 18.3 Å². The van der Waals surface area contributed by atoms with Crippen LogP contribution in [0, 0.1) is 0 Å². The maximum Gasteiger partial charge on any atom is 0.280 e. The van der Waals surface area contributed by atoms with Gasteiger partial charge in [-0.3, -0.25) is 4.79 Å². The predicted octanol–water partition coefficient (Wildman–Crippen LogP) is -6.75. The van der Waals surface area contributed by atoms with Crippen LogP contribution in [-0.2, 0) is 19.0 Å². The summed E-state index contributed by atoms with van der Waals surface area (Å²) in [6, 6.07) is -1.29. The molecule has 3 fully saturated rings. The number of aliphatic hydroxyl groups excluding tert-OH is 2. The summed E-state index contributed by atoms with van der Waals surface area (Å²) in [7, 11) is 3.24. The van der Waals surface area contributed by atoms with Crippen molar-refractivity contribution in [1.29, 1.82) is 0 Å². The van der Waals surface area contributed by atoms with Gasteiger partial charge in [-0.05, 0) is 21.0 Å². The number of likely N-dealkylation sites (N-methyl/N-ethyl adjacent to an activating group) is 2. The first kappa shape index (κ1) is 22.6. The molecular formula is C14H26ClN2O8-. The van der Waals surface area contributed by atoms with E-state index in [9.17, 15) is 20.1 Å². The second kappa shape index (κ2) is 8.09. The Hall–Kier alpha value is -0.400. The van der Waals surface area contributed by atoms with E-state index in [0.717, 1.165) is 0 Å². The first-order valence-corrected chi connectivity index (χ1v) is 7.78. The third-order valence-corrected chi connectivity index (χ3v) is 4.93. The number of ether oxygens (including phenoxy) is 3. The lowest BCUT2D eigenvalue weighted by atomic mass is 9.80. The molecule has 2 aliphatic heterocycles. The summed E-state index contributed by atoms with van der Waals surface area (Å²) in [5.74, 6) is -2.76. The Bertz CT molecular complexity index is 486. The van der Waals surface area contributed by atoms with Crippen molar-refractivity contribution < 1.29 is 52.2 Å². The van der Waals surface area contributed by atoms with Gasteiger partial charge in [-0.15, -0.1) is 0 Å². The maximum absolute atomic E-state index is 12.2. The number of hydrogen-bond acceptors (Lipinski definition) is 9. The van der Waals surface area contributed by atoms with Crippen LogP contribution in [0.15, 0.2) is 0 Å². The highest BCUT2D eigenvalue weighted by Gasteiger charge is 2.63. The molecule has 0 bridgehead atoms. The second-order valence-corrected chi connectivity index (χ2v) is 6.40. The lowest BCUT2D eigenvalue weighted by Gasteiger charge is -2.55. The average molecular weight is 386 g/mol. The number of nitrogens with one attached hydrogen (secondary N) is 2. The van der Waals surface area contributed by atoms with Crippen molar-refractivity contribution in [2.75, 3.05) is 14.1 Å². The van der Waals surface area contributed by atoms with E-state index >= 15 is 0 Å². The molecule has 1 aliphatic carbocycles. The van der Waals surface area contributed by atoms with Crippen molar-refractivity contribution in [3.05, 3.63) is 0 Å². The van der Waals surface area contributed by atoms with Crippen molar-refractivity contribution in [3.8, 4) is 0 Å². The van der Waals surface area contributed by atoms with Gasteiger partial charge in [0, 0.05) is 6.42 Å². The molecule has 2 heterocycles. The fourth-order valence-corrected chi connectivity index (χ4v) is 3.68. The normalized spacial score (nSPS) is 49.3. The van der Waals surface area contributed by atoms with Crippen LogP contribution in [0.25, 0.3) is 0 Å². The van der Waals surface area contributed by atoms with E-state index < -0.39 is 60.5 Å². The van der Waals surface area contributed by atoms with E-state index in [2.05, 4.69) is 10.6 Å². The zero-order valence-electron chi connectivity index (χ0n) is 14.2. The van der Waals surface area contributed by atoms with Gasteiger partial charge in [0.2, 0.25) is 6.29 Å². The second-order valence-electron chi connectivity index (χ2n) is 6.40. The molecule has 0 unspecified atom stereocenters. The first-order valence-electron chi connectivity index (χ1n) is 7.78. The minimum absolute atomic E-state index is 0. The molecule has 0 amide bonds. The fraction of sp³-hybridized carbons (Fsp3) is 0.929. The smallest absolute Gasteiger partial charge is 0.280 e. The van der Waals surface area contributed by atoms with Crippen molar-refractivity contribution >= 4 is 5.78 Å². The maximum atomic E-state index is 12.2. The Morgan fingerprint density at radius 3 is 2.24 bits per heavy atom. The number of aliphatic hydroxyl groups is 3. The molecule has 3 rings (SSSR count). The van der Waals surface area contributed by atoms with Gasteiger partial charge >= 0.3 is 0 Å². The number of hydrogen-bond donors (Lipinski definition) is 5. The number of carbonyl (C=O) groups is 1. The van der Waals surface area contributed by atoms with Crippen LogP contribution in [0.3, 0.4) is 0 Å². The van der Waals surface area contributed by atoms with Crippen LogP contribution in [0.4, 0.5) is 0 Å². The molecule has 25 heavy (non-hydrogen) atoms. The van der Waals surface area contributed by atoms with Gasteiger partial charge in [-0.25, -0.2) is 0 Å². The fourth-order valence-electron chi connectivity index (χ4n) is 3.68. The van der Waals surface area contributed by atoms with Crippen LogP contribution in [0.5, 0.6) is 0 Å².